The van der Waals surface area contributed by atoms with Crippen molar-refractivity contribution in [2.45, 2.75) is 19.8 Å². The predicted octanol–water partition coefficient (Wildman–Crippen LogP) is 4.08. The number of carbonyl (C=O) groups is 2. The molecular formula is C22H22N2O6. The molecule has 0 atom stereocenters. The minimum atomic E-state index is -1.19. The molecule has 8 nitrogen and oxygen atoms in total. The maximum Gasteiger partial charge on any atom is 0.356 e. The molecule has 1 heterocycles. The molecule has 0 spiro atoms. The Kier molecular flexibility index (Phi) is 5.77. The quantitative estimate of drug-likeness (QED) is 0.604. The monoisotopic (exact) mass is 410 g/mol. The van der Waals surface area contributed by atoms with Crippen molar-refractivity contribution in [2.24, 2.45) is 0 Å². The fourth-order valence-electron chi connectivity index (χ4n) is 3.32. The molecule has 0 saturated heterocycles. The molecule has 8 heteroatoms. The zero-order chi connectivity index (χ0) is 22.0. The first kappa shape index (κ1) is 20.9. The van der Waals surface area contributed by atoms with E-state index >= 15 is 0 Å². The maximum atomic E-state index is 11.6. The van der Waals surface area contributed by atoms with Gasteiger partial charge in [0.1, 0.15) is 11.5 Å². The van der Waals surface area contributed by atoms with E-state index in [-0.39, 0.29) is 17.2 Å². The van der Waals surface area contributed by atoms with Crippen molar-refractivity contribution in [3.8, 4) is 28.4 Å². The number of carboxylic acid groups (broad SMARTS) is 2. The Morgan fingerprint density at radius 3 is 2.10 bits per heavy atom. The zero-order valence-corrected chi connectivity index (χ0v) is 17.0. The summed E-state index contributed by atoms with van der Waals surface area (Å²) in [6.07, 6.45) is 0. The van der Waals surface area contributed by atoms with Crippen molar-refractivity contribution < 1.29 is 29.3 Å². The van der Waals surface area contributed by atoms with E-state index in [0.717, 1.165) is 0 Å². The Labute approximate surface area is 173 Å². The third-order valence-corrected chi connectivity index (χ3v) is 4.74. The molecule has 0 radical (unpaired) electrons. The first-order valence-electron chi connectivity index (χ1n) is 9.20. The molecule has 3 aromatic rings. The summed E-state index contributed by atoms with van der Waals surface area (Å²) in [5.74, 6) is -1.30. The van der Waals surface area contributed by atoms with Gasteiger partial charge in [-0.1, -0.05) is 19.9 Å². The standard InChI is InChI=1S/C22H22N2O6/c1-12(2)15-10-13(8-9-14(15)21(25)26)24-17(11-16(23-24)22(27)28)20-18(29-3)6-5-7-19(20)30-4/h5-12H,1-4H3,(H,25,26)(H,27,28). The fourth-order valence-corrected chi connectivity index (χ4v) is 3.32. The molecule has 0 unspecified atom stereocenters. The van der Waals surface area contributed by atoms with Gasteiger partial charge in [0.25, 0.3) is 0 Å². The van der Waals surface area contributed by atoms with Crippen LogP contribution in [0, 0.1) is 0 Å². The van der Waals surface area contributed by atoms with Crippen molar-refractivity contribution >= 4 is 11.9 Å². The van der Waals surface area contributed by atoms with Crippen LogP contribution in [0.25, 0.3) is 16.9 Å². The van der Waals surface area contributed by atoms with Gasteiger partial charge in [0.2, 0.25) is 0 Å². The van der Waals surface area contributed by atoms with E-state index in [1.54, 1.807) is 30.3 Å². The lowest BCUT2D eigenvalue weighted by molar-refractivity contribution is 0.0682. The van der Waals surface area contributed by atoms with Crippen molar-refractivity contribution in [3.05, 3.63) is 59.3 Å². The Morgan fingerprint density at radius 2 is 1.60 bits per heavy atom. The largest absolute Gasteiger partial charge is 0.496 e. The number of carboxylic acids is 2. The Morgan fingerprint density at radius 1 is 0.967 bits per heavy atom. The van der Waals surface area contributed by atoms with Crippen LogP contribution in [0.1, 0.15) is 46.2 Å². The minimum Gasteiger partial charge on any atom is -0.496 e. The second-order valence-corrected chi connectivity index (χ2v) is 6.90. The van der Waals surface area contributed by atoms with Gasteiger partial charge in [-0.3, -0.25) is 0 Å². The highest BCUT2D eigenvalue weighted by Gasteiger charge is 2.23. The number of aromatic nitrogens is 2. The molecule has 0 amide bonds. The molecule has 156 valence electrons. The van der Waals surface area contributed by atoms with E-state index in [2.05, 4.69) is 5.10 Å². The van der Waals surface area contributed by atoms with Crippen molar-refractivity contribution in [1.82, 2.24) is 9.78 Å². The van der Waals surface area contributed by atoms with Crippen molar-refractivity contribution in [2.75, 3.05) is 14.2 Å². The average Bonchev–Trinajstić information content (AvgIpc) is 3.17. The summed E-state index contributed by atoms with van der Waals surface area (Å²) in [7, 11) is 3.02. The first-order chi connectivity index (χ1) is 14.3. The normalized spacial score (nSPS) is 10.8. The number of benzene rings is 2. The zero-order valence-electron chi connectivity index (χ0n) is 17.0. The summed E-state index contributed by atoms with van der Waals surface area (Å²) < 4.78 is 12.4. The summed E-state index contributed by atoms with van der Waals surface area (Å²) >= 11 is 0. The maximum absolute atomic E-state index is 11.6. The highest BCUT2D eigenvalue weighted by molar-refractivity contribution is 5.91. The van der Waals surface area contributed by atoms with Crippen LogP contribution in [0.15, 0.2) is 42.5 Å². The number of rotatable bonds is 7. The van der Waals surface area contributed by atoms with E-state index in [1.807, 2.05) is 13.8 Å². The van der Waals surface area contributed by atoms with Crippen LogP contribution in [-0.4, -0.2) is 46.2 Å². The average molecular weight is 410 g/mol. The number of nitrogens with zero attached hydrogens (tertiary/aromatic N) is 2. The van der Waals surface area contributed by atoms with Crippen molar-refractivity contribution in [3.63, 3.8) is 0 Å². The van der Waals surface area contributed by atoms with Crippen LogP contribution in [-0.2, 0) is 0 Å². The van der Waals surface area contributed by atoms with Gasteiger partial charge in [-0.05, 0) is 47.9 Å². The SMILES string of the molecule is COc1cccc(OC)c1-c1cc(C(=O)O)nn1-c1ccc(C(=O)O)c(C(C)C)c1. The minimum absolute atomic E-state index is 0.0604. The first-order valence-corrected chi connectivity index (χ1v) is 9.20. The predicted molar refractivity (Wildman–Crippen MR) is 110 cm³/mol. The molecule has 0 aliphatic heterocycles. The topological polar surface area (TPSA) is 111 Å². The fraction of sp³-hybridized carbons (Fsp3) is 0.227. The summed E-state index contributed by atoms with van der Waals surface area (Å²) in [6.45, 7) is 3.78. The van der Waals surface area contributed by atoms with E-state index in [4.69, 9.17) is 9.47 Å². The van der Waals surface area contributed by atoms with E-state index < -0.39 is 11.9 Å². The van der Waals surface area contributed by atoms with E-state index in [9.17, 15) is 19.8 Å². The lowest BCUT2D eigenvalue weighted by atomic mass is 9.96. The van der Waals surface area contributed by atoms with Crippen molar-refractivity contribution in [1.29, 1.82) is 0 Å². The Hall–Kier alpha value is -3.81. The highest BCUT2D eigenvalue weighted by atomic mass is 16.5. The van der Waals surface area contributed by atoms with Gasteiger partial charge < -0.3 is 19.7 Å². The summed E-state index contributed by atoms with van der Waals surface area (Å²) in [5.41, 5.74) is 2.15. The number of hydrogen-bond acceptors (Lipinski definition) is 5. The van der Waals surface area contributed by atoms with E-state index in [0.29, 0.717) is 34.0 Å². The van der Waals surface area contributed by atoms with Crippen LogP contribution in [0.4, 0.5) is 0 Å². The molecule has 2 aromatic carbocycles. The molecule has 0 aliphatic rings. The second kappa shape index (κ2) is 8.28. The molecule has 0 aliphatic carbocycles. The second-order valence-electron chi connectivity index (χ2n) is 6.90. The van der Waals surface area contributed by atoms with Crippen LogP contribution in [0.2, 0.25) is 0 Å². The lowest BCUT2D eigenvalue weighted by Gasteiger charge is -2.16. The van der Waals surface area contributed by atoms with Gasteiger partial charge in [-0.25, -0.2) is 14.3 Å². The van der Waals surface area contributed by atoms with Crippen LogP contribution < -0.4 is 9.47 Å². The number of methoxy groups -OCH3 is 2. The number of aromatic carboxylic acids is 2. The Bertz CT molecular complexity index is 1090. The van der Waals surface area contributed by atoms with Gasteiger partial charge in [0.15, 0.2) is 5.69 Å². The van der Waals surface area contributed by atoms with Crippen LogP contribution in [0.3, 0.4) is 0 Å². The van der Waals surface area contributed by atoms with Gasteiger partial charge in [-0.2, -0.15) is 5.10 Å². The van der Waals surface area contributed by atoms with Gasteiger partial charge >= 0.3 is 11.9 Å². The third-order valence-electron chi connectivity index (χ3n) is 4.74. The van der Waals surface area contributed by atoms with Gasteiger partial charge in [0, 0.05) is 0 Å². The Balaban J connectivity index is 2.32. The summed E-state index contributed by atoms with van der Waals surface area (Å²) in [4.78, 5) is 23.2. The van der Waals surface area contributed by atoms with Gasteiger partial charge in [0.05, 0.1) is 36.7 Å². The van der Waals surface area contributed by atoms with Crippen LogP contribution >= 0.6 is 0 Å². The highest BCUT2D eigenvalue weighted by Crippen LogP contribution is 2.39. The molecule has 0 bridgehead atoms. The summed E-state index contributed by atoms with van der Waals surface area (Å²) in [5, 5.41) is 23.2. The number of ether oxygens (including phenoxy) is 2. The molecule has 30 heavy (non-hydrogen) atoms. The van der Waals surface area contributed by atoms with Gasteiger partial charge in [-0.15, -0.1) is 0 Å². The lowest BCUT2D eigenvalue weighted by Crippen LogP contribution is -2.08. The summed E-state index contributed by atoms with van der Waals surface area (Å²) in [6, 6.07) is 11.5. The van der Waals surface area contributed by atoms with E-state index in [1.165, 1.54) is 31.0 Å². The third kappa shape index (κ3) is 3.71. The van der Waals surface area contributed by atoms with Crippen LogP contribution in [0.5, 0.6) is 11.5 Å². The molecule has 0 fully saturated rings. The molecular weight excluding hydrogens is 388 g/mol. The molecule has 0 saturated carbocycles. The smallest absolute Gasteiger partial charge is 0.356 e. The molecule has 2 N–H and O–H groups in total. The number of hydrogen-bond donors (Lipinski definition) is 2. The molecule has 1 aromatic heterocycles. The molecule has 3 rings (SSSR count).